The van der Waals surface area contributed by atoms with Gasteiger partial charge in [0, 0.05) is 25.2 Å². The average Bonchev–Trinajstić information content (AvgIpc) is 2.90. The van der Waals surface area contributed by atoms with E-state index in [1.54, 1.807) is 7.11 Å². The number of nitrogens with one attached hydrogen (secondary N) is 1. The number of likely N-dealkylation sites (tertiary alicyclic amines) is 1. The molecule has 0 aromatic heterocycles. The molecule has 1 aromatic rings. The molecule has 0 aliphatic carbocycles. The fourth-order valence-corrected chi connectivity index (χ4v) is 2.35. The molecule has 0 amide bonds. The molecule has 0 radical (unpaired) electrons. The maximum Gasteiger partial charge on any atom is 0.194 e. The molecule has 2 N–H and O–H groups in total. The van der Waals surface area contributed by atoms with Gasteiger partial charge in [0.15, 0.2) is 5.96 Å². The second-order valence-electron chi connectivity index (χ2n) is 4.87. The molecule has 1 aromatic carbocycles. The summed E-state index contributed by atoms with van der Waals surface area (Å²) in [6.45, 7) is 4.93. The van der Waals surface area contributed by atoms with Crippen LogP contribution in [0.5, 0.6) is 5.75 Å². The zero-order valence-electron chi connectivity index (χ0n) is 12.6. The van der Waals surface area contributed by atoms with E-state index in [-0.39, 0.29) is 30.1 Å². The summed E-state index contributed by atoms with van der Waals surface area (Å²) >= 11 is 0. The number of aliphatic hydroxyl groups excluding tert-OH is 1. The first-order valence-electron chi connectivity index (χ1n) is 7.07. The quantitative estimate of drug-likeness (QED) is 0.456. The number of hydrogen-bond acceptors (Lipinski definition) is 3. The lowest BCUT2D eigenvalue weighted by Gasteiger charge is -2.21. The molecule has 0 unspecified atom stereocenters. The first-order valence-corrected chi connectivity index (χ1v) is 7.07. The molecule has 2 rings (SSSR count). The van der Waals surface area contributed by atoms with Crippen molar-refractivity contribution in [3.05, 3.63) is 29.8 Å². The Balaban J connectivity index is 0.00000220. The Kier molecular flexibility index (Phi) is 7.81. The van der Waals surface area contributed by atoms with Crippen LogP contribution >= 0.6 is 24.0 Å². The summed E-state index contributed by atoms with van der Waals surface area (Å²) in [6.07, 6.45) is 0.559. The number of β-amino-alcohol motifs (C(OH)–C–C–N with tert-alkyl or cyclic N) is 1. The highest BCUT2D eigenvalue weighted by atomic mass is 127. The lowest BCUT2D eigenvalue weighted by atomic mass is 10.2. The number of benzene rings is 1. The van der Waals surface area contributed by atoms with Crippen LogP contribution in [0.25, 0.3) is 0 Å². The topological polar surface area (TPSA) is 57.1 Å². The number of ether oxygens (including phenoxy) is 1. The highest BCUT2D eigenvalue weighted by molar-refractivity contribution is 14.0. The van der Waals surface area contributed by atoms with Gasteiger partial charge in [0.25, 0.3) is 0 Å². The van der Waals surface area contributed by atoms with E-state index >= 15 is 0 Å². The number of rotatable bonds is 4. The van der Waals surface area contributed by atoms with Crippen LogP contribution in [0.3, 0.4) is 0 Å². The van der Waals surface area contributed by atoms with Gasteiger partial charge < -0.3 is 20.1 Å². The fourth-order valence-electron chi connectivity index (χ4n) is 2.35. The van der Waals surface area contributed by atoms with E-state index in [0.29, 0.717) is 13.1 Å². The Morgan fingerprint density at radius 1 is 1.48 bits per heavy atom. The van der Waals surface area contributed by atoms with Gasteiger partial charge in [0.1, 0.15) is 5.75 Å². The molecule has 0 saturated carbocycles. The van der Waals surface area contributed by atoms with Crippen LogP contribution in [0, 0.1) is 0 Å². The summed E-state index contributed by atoms with van der Waals surface area (Å²) in [7, 11) is 1.67. The zero-order valence-corrected chi connectivity index (χ0v) is 14.9. The molecular formula is C15H24IN3O2. The molecule has 6 heteroatoms. The van der Waals surface area contributed by atoms with E-state index in [9.17, 15) is 5.11 Å². The maximum absolute atomic E-state index is 9.64. The number of halogens is 1. The number of para-hydroxylation sites is 1. The predicted octanol–water partition coefficient (Wildman–Crippen LogP) is 1.85. The lowest BCUT2D eigenvalue weighted by Crippen LogP contribution is -2.40. The van der Waals surface area contributed by atoms with Crippen LogP contribution in [-0.2, 0) is 6.54 Å². The second-order valence-corrected chi connectivity index (χ2v) is 4.87. The zero-order chi connectivity index (χ0) is 14.4. The largest absolute Gasteiger partial charge is 0.496 e. The average molecular weight is 405 g/mol. The predicted molar refractivity (Wildman–Crippen MR) is 95.4 cm³/mol. The minimum absolute atomic E-state index is 0. The van der Waals surface area contributed by atoms with Gasteiger partial charge in [0.2, 0.25) is 0 Å². The van der Waals surface area contributed by atoms with E-state index in [1.807, 2.05) is 31.2 Å². The van der Waals surface area contributed by atoms with Crippen molar-refractivity contribution >= 4 is 29.9 Å². The molecule has 1 aliphatic heterocycles. The van der Waals surface area contributed by atoms with E-state index in [1.165, 1.54) is 0 Å². The van der Waals surface area contributed by atoms with Crippen molar-refractivity contribution in [2.45, 2.75) is 26.0 Å². The molecule has 0 bridgehead atoms. The Morgan fingerprint density at radius 2 is 2.24 bits per heavy atom. The van der Waals surface area contributed by atoms with Gasteiger partial charge in [-0.3, -0.25) is 0 Å². The van der Waals surface area contributed by atoms with Crippen LogP contribution in [0.4, 0.5) is 0 Å². The molecule has 1 saturated heterocycles. The van der Waals surface area contributed by atoms with Crippen molar-refractivity contribution in [2.75, 3.05) is 26.7 Å². The van der Waals surface area contributed by atoms with Gasteiger partial charge in [-0.15, -0.1) is 24.0 Å². The first-order chi connectivity index (χ1) is 9.74. The molecule has 5 nitrogen and oxygen atoms in total. The van der Waals surface area contributed by atoms with Crippen molar-refractivity contribution in [1.29, 1.82) is 0 Å². The molecule has 1 fully saturated rings. The van der Waals surface area contributed by atoms with Crippen molar-refractivity contribution in [1.82, 2.24) is 10.2 Å². The van der Waals surface area contributed by atoms with Crippen molar-refractivity contribution < 1.29 is 9.84 Å². The fraction of sp³-hybridized carbons (Fsp3) is 0.533. The Hall–Kier alpha value is -1.02. The molecule has 1 atom stereocenters. The summed E-state index contributed by atoms with van der Waals surface area (Å²) < 4.78 is 5.34. The summed E-state index contributed by atoms with van der Waals surface area (Å²) in [5.41, 5.74) is 1.06. The summed E-state index contributed by atoms with van der Waals surface area (Å²) in [5.74, 6) is 1.71. The number of aliphatic imine (C=N–C) groups is 1. The minimum atomic E-state index is -0.245. The smallest absolute Gasteiger partial charge is 0.194 e. The Morgan fingerprint density at radius 3 is 2.86 bits per heavy atom. The molecule has 1 aliphatic rings. The van der Waals surface area contributed by atoms with Crippen molar-refractivity contribution in [2.24, 2.45) is 4.99 Å². The summed E-state index contributed by atoms with van der Waals surface area (Å²) in [6, 6.07) is 7.90. The van der Waals surface area contributed by atoms with Crippen molar-refractivity contribution in [3.63, 3.8) is 0 Å². The SMILES string of the molecule is CCNC(=NCc1ccccc1OC)N1CC[C@@H](O)C1.I. The second kappa shape index (κ2) is 9.09. The van der Waals surface area contributed by atoms with Crippen LogP contribution in [-0.4, -0.2) is 48.8 Å². The third kappa shape index (κ3) is 5.03. The number of methoxy groups -OCH3 is 1. The summed E-state index contributed by atoms with van der Waals surface area (Å²) in [5, 5.41) is 12.9. The molecular weight excluding hydrogens is 381 g/mol. The Bertz CT molecular complexity index is 468. The number of aliphatic hydroxyl groups is 1. The van der Waals surface area contributed by atoms with Gasteiger partial charge in [-0.05, 0) is 19.4 Å². The molecule has 1 heterocycles. The van der Waals surface area contributed by atoms with Crippen LogP contribution in [0.2, 0.25) is 0 Å². The third-order valence-corrected chi connectivity index (χ3v) is 3.39. The molecule has 0 spiro atoms. The van der Waals surface area contributed by atoms with Gasteiger partial charge in [-0.2, -0.15) is 0 Å². The lowest BCUT2D eigenvalue weighted by molar-refractivity contribution is 0.188. The van der Waals surface area contributed by atoms with E-state index in [0.717, 1.165) is 36.8 Å². The van der Waals surface area contributed by atoms with Gasteiger partial charge >= 0.3 is 0 Å². The highest BCUT2D eigenvalue weighted by Crippen LogP contribution is 2.18. The van der Waals surface area contributed by atoms with Crippen LogP contribution < -0.4 is 10.1 Å². The normalized spacial score (nSPS) is 18.3. The van der Waals surface area contributed by atoms with Gasteiger partial charge in [-0.25, -0.2) is 4.99 Å². The first kappa shape index (κ1) is 18.0. The van der Waals surface area contributed by atoms with Gasteiger partial charge in [0.05, 0.1) is 19.8 Å². The number of nitrogens with zero attached hydrogens (tertiary/aromatic N) is 2. The van der Waals surface area contributed by atoms with E-state index < -0.39 is 0 Å². The standard InChI is InChI=1S/C15H23N3O2.HI/c1-3-16-15(18-9-8-13(19)11-18)17-10-12-6-4-5-7-14(12)20-2;/h4-7,13,19H,3,8-11H2,1-2H3,(H,16,17);1H/t13-;/m1./s1. The monoisotopic (exact) mass is 405 g/mol. The third-order valence-electron chi connectivity index (χ3n) is 3.39. The van der Waals surface area contributed by atoms with Crippen LogP contribution in [0.15, 0.2) is 29.3 Å². The van der Waals surface area contributed by atoms with E-state index in [4.69, 9.17) is 4.74 Å². The van der Waals surface area contributed by atoms with Crippen LogP contribution in [0.1, 0.15) is 18.9 Å². The number of hydrogen-bond donors (Lipinski definition) is 2. The minimum Gasteiger partial charge on any atom is -0.496 e. The molecule has 118 valence electrons. The maximum atomic E-state index is 9.64. The number of guanidine groups is 1. The van der Waals surface area contributed by atoms with Gasteiger partial charge in [-0.1, -0.05) is 18.2 Å². The summed E-state index contributed by atoms with van der Waals surface area (Å²) in [4.78, 5) is 6.75. The van der Waals surface area contributed by atoms with Crippen molar-refractivity contribution in [3.8, 4) is 5.75 Å². The highest BCUT2D eigenvalue weighted by Gasteiger charge is 2.22. The Labute approximate surface area is 143 Å². The van der Waals surface area contributed by atoms with E-state index in [2.05, 4.69) is 15.2 Å². The molecule has 21 heavy (non-hydrogen) atoms.